The van der Waals surface area contributed by atoms with E-state index < -0.39 is 0 Å². The van der Waals surface area contributed by atoms with E-state index in [9.17, 15) is 4.39 Å². The van der Waals surface area contributed by atoms with Crippen LogP contribution < -0.4 is 5.73 Å². The molecule has 2 rings (SSSR count). The van der Waals surface area contributed by atoms with Gasteiger partial charge >= 0.3 is 0 Å². The van der Waals surface area contributed by atoms with Gasteiger partial charge in [0, 0.05) is 18.3 Å². The lowest BCUT2D eigenvalue weighted by molar-refractivity contribution is 0.153. The lowest BCUT2D eigenvalue weighted by Gasteiger charge is -2.34. The number of halogens is 1. The zero-order valence-corrected chi connectivity index (χ0v) is 9.04. The van der Waals surface area contributed by atoms with E-state index in [1.54, 1.807) is 6.07 Å². The summed E-state index contributed by atoms with van der Waals surface area (Å²) in [6.45, 7) is 0.744. The molecule has 0 aromatic heterocycles. The number of hydrogen-bond acceptors (Lipinski definition) is 2. The molecule has 0 bridgehead atoms. The highest BCUT2D eigenvalue weighted by molar-refractivity contribution is 5.46. The summed E-state index contributed by atoms with van der Waals surface area (Å²) in [5.74, 6) is -0.207. The Morgan fingerprint density at radius 3 is 2.80 bits per heavy atom. The Bertz CT molecular complexity index is 347. The second-order valence-corrected chi connectivity index (χ2v) is 4.34. The molecule has 3 heteroatoms. The van der Waals surface area contributed by atoms with E-state index in [2.05, 4.69) is 11.9 Å². The van der Waals surface area contributed by atoms with Gasteiger partial charge in [-0.1, -0.05) is 6.42 Å². The minimum absolute atomic E-state index is 0.207. The third kappa shape index (κ3) is 2.29. The Morgan fingerprint density at radius 2 is 2.20 bits per heavy atom. The molecule has 0 spiro atoms. The van der Waals surface area contributed by atoms with Crippen LogP contribution in [0.25, 0.3) is 0 Å². The van der Waals surface area contributed by atoms with E-state index in [0.29, 0.717) is 11.7 Å². The SMILES string of the molecule is CN(Cc1cc(F)ccc1N)C1CCC1. The molecule has 0 heterocycles. The Kier molecular flexibility index (Phi) is 2.91. The van der Waals surface area contributed by atoms with Gasteiger partial charge in [0.25, 0.3) is 0 Å². The van der Waals surface area contributed by atoms with Crippen molar-refractivity contribution in [1.29, 1.82) is 0 Å². The molecule has 0 unspecified atom stereocenters. The molecular formula is C12H17FN2. The number of nitrogens with zero attached hydrogens (tertiary/aromatic N) is 1. The first-order chi connectivity index (χ1) is 7.16. The third-order valence-corrected chi connectivity index (χ3v) is 3.22. The highest BCUT2D eigenvalue weighted by Crippen LogP contribution is 2.26. The first-order valence-electron chi connectivity index (χ1n) is 5.41. The fraction of sp³-hybridized carbons (Fsp3) is 0.500. The molecule has 2 N–H and O–H groups in total. The molecule has 0 saturated heterocycles. The highest BCUT2D eigenvalue weighted by Gasteiger charge is 2.22. The van der Waals surface area contributed by atoms with Gasteiger partial charge in [0.05, 0.1) is 0 Å². The third-order valence-electron chi connectivity index (χ3n) is 3.22. The summed E-state index contributed by atoms with van der Waals surface area (Å²) in [5.41, 5.74) is 7.38. The van der Waals surface area contributed by atoms with Gasteiger partial charge in [-0.05, 0) is 43.7 Å². The lowest BCUT2D eigenvalue weighted by atomic mass is 9.91. The zero-order valence-electron chi connectivity index (χ0n) is 9.04. The summed E-state index contributed by atoms with van der Waals surface area (Å²) in [6, 6.07) is 5.24. The predicted octanol–water partition coefficient (Wildman–Crippen LogP) is 2.39. The zero-order chi connectivity index (χ0) is 10.8. The maximum Gasteiger partial charge on any atom is 0.123 e. The number of nitrogen functional groups attached to an aromatic ring is 1. The van der Waals surface area contributed by atoms with Gasteiger partial charge in [0.1, 0.15) is 5.82 Å². The molecule has 1 aromatic rings. The molecule has 1 aliphatic carbocycles. The van der Waals surface area contributed by atoms with Crippen LogP contribution in [0.15, 0.2) is 18.2 Å². The molecule has 1 aliphatic rings. The van der Waals surface area contributed by atoms with Crippen LogP contribution in [0.1, 0.15) is 24.8 Å². The summed E-state index contributed by atoms with van der Waals surface area (Å²) < 4.78 is 13.0. The Labute approximate surface area is 89.9 Å². The van der Waals surface area contributed by atoms with Gasteiger partial charge < -0.3 is 5.73 Å². The normalized spacial score (nSPS) is 16.7. The van der Waals surface area contributed by atoms with Crippen molar-refractivity contribution in [2.75, 3.05) is 12.8 Å². The van der Waals surface area contributed by atoms with Crippen LogP contribution >= 0.6 is 0 Å². The maximum atomic E-state index is 13.0. The first-order valence-corrected chi connectivity index (χ1v) is 5.41. The van der Waals surface area contributed by atoms with Gasteiger partial charge in [-0.25, -0.2) is 4.39 Å². The molecule has 2 nitrogen and oxygen atoms in total. The van der Waals surface area contributed by atoms with Crippen molar-refractivity contribution in [1.82, 2.24) is 4.90 Å². The molecule has 0 radical (unpaired) electrons. The largest absolute Gasteiger partial charge is 0.398 e. The minimum Gasteiger partial charge on any atom is -0.398 e. The molecular weight excluding hydrogens is 191 g/mol. The fourth-order valence-corrected chi connectivity index (χ4v) is 1.94. The maximum absolute atomic E-state index is 13.0. The summed E-state index contributed by atoms with van der Waals surface area (Å²) in [6.07, 6.45) is 3.82. The quantitative estimate of drug-likeness (QED) is 0.773. The van der Waals surface area contributed by atoms with Crippen molar-refractivity contribution in [3.63, 3.8) is 0 Å². The fourth-order valence-electron chi connectivity index (χ4n) is 1.94. The van der Waals surface area contributed by atoms with Gasteiger partial charge in [-0.2, -0.15) is 0 Å². The van der Waals surface area contributed by atoms with Crippen LogP contribution in [0.4, 0.5) is 10.1 Å². The van der Waals surface area contributed by atoms with Crippen molar-refractivity contribution in [3.05, 3.63) is 29.6 Å². The van der Waals surface area contributed by atoms with E-state index in [4.69, 9.17) is 5.73 Å². The second kappa shape index (κ2) is 4.19. The van der Waals surface area contributed by atoms with E-state index in [0.717, 1.165) is 12.1 Å². The number of nitrogens with two attached hydrogens (primary N) is 1. The number of rotatable bonds is 3. The molecule has 0 amide bonds. The van der Waals surface area contributed by atoms with Crippen molar-refractivity contribution in [3.8, 4) is 0 Å². The molecule has 1 aromatic carbocycles. The van der Waals surface area contributed by atoms with Crippen molar-refractivity contribution >= 4 is 5.69 Å². The van der Waals surface area contributed by atoms with Gasteiger partial charge in [0.15, 0.2) is 0 Å². The highest BCUT2D eigenvalue weighted by atomic mass is 19.1. The van der Waals surface area contributed by atoms with Crippen LogP contribution in [0.5, 0.6) is 0 Å². The average Bonchev–Trinajstić information content (AvgIpc) is 2.08. The van der Waals surface area contributed by atoms with E-state index >= 15 is 0 Å². The van der Waals surface area contributed by atoms with Crippen molar-refractivity contribution in [2.24, 2.45) is 0 Å². The number of hydrogen-bond donors (Lipinski definition) is 1. The molecule has 0 aliphatic heterocycles. The summed E-state index contributed by atoms with van der Waals surface area (Å²) >= 11 is 0. The summed E-state index contributed by atoms with van der Waals surface area (Å²) in [5, 5.41) is 0. The van der Waals surface area contributed by atoms with Crippen LogP contribution in [-0.2, 0) is 6.54 Å². The van der Waals surface area contributed by atoms with Crippen LogP contribution in [0.2, 0.25) is 0 Å². The van der Waals surface area contributed by atoms with E-state index in [1.165, 1.54) is 31.4 Å². The molecule has 1 saturated carbocycles. The first kappa shape index (κ1) is 10.4. The van der Waals surface area contributed by atoms with E-state index in [-0.39, 0.29) is 5.82 Å². The number of benzene rings is 1. The lowest BCUT2D eigenvalue weighted by Crippen LogP contribution is -2.36. The standard InChI is InChI=1S/C12H17FN2/c1-15(11-3-2-4-11)8-9-7-10(13)5-6-12(9)14/h5-7,11H,2-4,8,14H2,1H3. The molecule has 1 fully saturated rings. The predicted molar refractivity (Wildman–Crippen MR) is 59.9 cm³/mol. The Hall–Kier alpha value is -1.09. The van der Waals surface area contributed by atoms with Gasteiger partial charge in [0.2, 0.25) is 0 Å². The minimum atomic E-state index is -0.207. The van der Waals surface area contributed by atoms with Gasteiger partial charge in [-0.3, -0.25) is 4.90 Å². The second-order valence-electron chi connectivity index (χ2n) is 4.34. The molecule has 15 heavy (non-hydrogen) atoms. The molecule has 82 valence electrons. The van der Waals surface area contributed by atoms with Crippen LogP contribution in [0, 0.1) is 5.82 Å². The van der Waals surface area contributed by atoms with E-state index in [1.807, 2.05) is 0 Å². The monoisotopic (exact) mass is 208 g/mol. The summed E-state index contributed by atoms with van der Waals surface area (Å²) in [4.78, 5) is 2.26. The van der Waals surface area contributed by atoms with Gasteiger partial charge in [-0.15, -0.1) is 0 Å². The smallest absolute Gasteiger partial charge is 0.123 e. The number of anilines is 1. The Balaban J connectivity index is 2.05. The Morgan fingerprint density at radius 1 is 1.47 bits per heavy atom. The summed E-state index contributed by atoms with van der Waals surface area (Å²) in [7, 11) is 2.08. The molecule has 0 atom stereocenters. The van der Waals surface area contributed by atoms with Crippen LogP contribution in [-0.4, -0.2) is 18.0 Å². The topological polar surface area (TPSA) is 29.3 Å². The van der Waals surface area contributed by atoms with Crippen molar-refractivity contribution in [2.45, 2.75) is 31.8 Å². The average molecular weight is 208 g/mol. The van der Waals surface area contributed by atoms with Crippen LogP contribution in [0.3, 0.4) is 0 Å². The van der Waals surface area contributed by atoms with Crippen molar-refractivity contribution < 1.29 is 4.39 Å².